The van der Waals surface area contributed by atoms with E-state index in [1.165, 1.54) is 0 Å². The first kappa shape index (κ1) is 61.9. The summed E-state index contributed by atoms with van der Waals surface area (Å²) in [6, 6.07) is -0.0225. The first-order valence-electron chi connectivity index (χ1n) is 23.6. The Kier molecular flexibility index (Phi) is 29.2. The number of primary amides is 1. The summed E-state index contributed by atoms with van der Waals surface area (Å²) in [4.78, 5) is 127. The Morgan fingerprint density at radius 1 is 0.549 bits per heavy atom. The first-order valence-corrected chi connectivity index (χ1v) is 23.6. The Labute approximate surface area is 414 Å². The van der Waals surface area contributed by atoms with Crippen LogP contribution in [0.4, 0.5) is 0 Å². The zero-order chi connectivity index (χ0) is 53.6. The molecule has 1 rings (SSSR count). The van der Waals surface area contributed by atoms with Crippen molar-refractivity contribution in [2.75, 3.05) is 26.2 Å². The Hall–Kier alpha value is -7.09. The van der Waals surface area contributed by atoms with E-state index < -0.39 is 108 Å². The standard InChI is InChI=1S/C45H78N16O10/c1-25(2)20-32(42(69)59-30(15-10-18-53-44(49)50)39(66)58-31(16-11-19-54-45(51)52)41(68)61-34(43(70)71)21-26(3)4)56-36(63)24-55-38(65)33(23-35(48)62)60-40(67)29(14-8-9-17-46)57-37(64)28(47)22-27-12-6-5-7-13-27/h5-7,12-13,25-26,28-34H,8-11,14-24,46-47H2,1-4H3,(H2,48,62)(H,55,65)(H,56,63)(H,57,64)(H,58,66)(H,59,69)(H,60,67)(H,61,68)(H,70,71)(H4,49,50,53)(H4,51,52,54)/t28-,29-,30-,31-,32-,33-,34-/m0/s1. The van der Waals surface area contributed by atoms with Crippen LogP contribution in [0.3, 0.4) is 0 Å². The third-order valence-corrected chi connectivity index (χ3v) is 10.5. The number of nitrogens with zero attached hydrogens (tertiary/aromatic N) is 2. The van der Waals surface area contributed by atoms with Crippen LogP contribution in [0.15, 0.2) is 40.3 Å². The summed E-state index contributed by atoms with van der Waals surface area (Å²) in [5.74, 6) is -8.76. The maximum absolute atomic E-state index is 14.0. The van der Waals surface area contributed by atoms with E-state index in [1.807, 2.05) is 6.07 Å². The number of carbonyl (C=O) groups excluding carboxylic acids is 8. The average Bonchev–Trinajstić information content (AvgIpc) is 3.28. The maximum atomic E-state index is 14.0. The van der Waals surface area contributed by atoms with E-state index in [4.69, 9.17) is 40.1 Å². The average molecular weight is 1000 g/mol. The number of rotatable bonds is 35. The van der Waals surface area contributed by atoms with Gasteiger partial charge in [-0.2, -0.15) is 0 Å². The van der Waals surface area contributed by atoms with Gasteiger partial charge in [0.05, 0.1) is 19.0 Å². The molecule has 0 saturated carbocycles. The van der Waals surface area contributed by atoms with Crippen LogP contribution in [0.2, 0.25) is 0 Å². The number of unbranched alkanes of at least 4 members (excludes halogenated alkanes) is 1. The second-order valence-electron chi connectivity index (χ2n) is 17.9. The van der Waals surface area contributed by atoms with Crippen molar-refractivity contribution in [1.82, 2.24) is 37.2 Å². The number of nitrogens with two attached hydrogens (primary N) is 7. The molecule has 7 atom stereocenters. The van der Waals surface area contributed by atoms with Crippen molar-refractivity contribution in [3.05, 3.63) is 35.9 Å². The molecule has 0 aliphatic carbocycles. The number of hydrogen-bond donors (Lipinski definition) is 15. The molecule has 8 amide bonds. The topological polar surface area (TPSA) is 465 Å². The lowest BCUT2D eigenvalue weighted by Crippen LogP contribution is -2.58. The van der Waals surface area contributed by atoms with Gasteiger partial charge >= 0.3 is 5.97 Å². The molecule has 0 aliphatic rings. The highest BCUT2D eigenvalue weighted by molar-refractivity contribution is 5.98. The molecule has 0 aromatic heterocycles. The molecule has 26 nitrogen and oxygen atoms in total. The van der Waals surface area contributed by atoms with Crippen molar-refractivity contribution in [1.29, 1.82) is 0 Å². The molecule has 0 aliphatic heterocycles. The molecular formula is C45H78N16O10. The number of benzene rings is 1. The van der Waals surface area contributed by atoms with Crippen LogP contribution in [-0.4, -0.2) is 139 Å². The van der Waals surface area contributed by atoms with Crippen LogP contribution in [-0.2, 0) is 49.6 Å². The first-order chi connectivity index (χ1) is 33.4. The summed E-state index contributed by atoms with van der Waals surface area (Å²) >= 11 is 0. The maximum Gasteiger partial charge on any atom is 0.326 e. The second-order valence-corrected chi connectivity index (χ2v) is 17.9. The number of carboxylic acid groups (broad SMARTS) is 1. The number of aliphatic carboxylic acids is 1. The van der Waals surface area contributed by atoms with Crippen LogP contribution in [0.25, 0.3) is 0 Å². The fourth-order valence-corrected chi connectivity index (χ4v) is 6.98. The lowest BCUT2D eigenvalue weighted by molar-refractivity contribution is -0.143. The minimum atomic E-state index is -1.59. The molecule has 0 saturated heterocycles. The van der Waals surface area contributed by atoms with E-state index in [0.29, 0.717) is 19.4 Å². The van der Waals surface area contributed by atoms with Gasteiger partial charge in [0, 0.05) is 13.1 Å². The molecule has 0 heterocycles. The van der Waals surface area contributed by atoms with E-state index in [2.05, 4.69) is 47.2 Å². The third kappa shape index (κ3) is 27.0. The van der Waals surface area contributed by atoms with Gasteiger partial charge in [-0.05, 0) is 88.2 Å². The summed E-state index contributed by atoms with van der Waals surface area (Å²) < 4.78 is 0. The molecule has 0 radical (unpaired) electrons. The second kappa shape index (κ2) is 33.4. The highest BCUT2D eigenvalue weighted by atomic mass is 16.4. The number of carboxylic acids is 1. The highest BCUT2D eigenvalue weighted by Crippen LogP contribution is 2.11. The smallest absolute Gasteiger partial charge is 0.326 e. The fourth-order valence-electron chi connectivity index (χ4n) is 6.98. The van der Waals surface area contributed by atoms with Gasteiger partial charge in [-0.1, -0.05) is 58.0 Å². The van der Waals surface area contributed by atoms with Gasteiger partial charge in [-0.3, -0.25) is 48.3 Å². The Morgan fingerprint density at radius 3 is 1.44 bits per heavy atom. The molecule has 0 fully saturated rings. The number of nitrogens with one attached hydrogen (secondary N) is 7. The molecule has 71 heavy (non-hydrogen) atoms. The SMILES string of the molecule is CC(C)C[C@H](NC(=O)[C@H](CCCN=C(N)N)NC(=O)[C@H](CCCN=C(N)N)NC(=O)[C@H](CC(C)C)NC(=O)CNC(=O)[C@H](CC(N)=O)NC(=O)[C@H](CCCCN)NC(=O)[C@@H](N)Cc1ccccc1)C(=O)O. The van der Waals surface area contributed by atoms with Crippen molar-refractivity contribution in [2.45, 2.75) is 141 Å². The van der Waals surface area contributed by atoms with Crippen molar-refractivity contribution in [2.24, 2.45) is 62.0 Å². The molecule has 22 N–H and O–H groups in total. The van der Waals surface area contributed by atoms with Crippen molar-refractivity contribution in [3.8, 4) is 0 Å². The number of guanidine groups is 2. The van der Waals surface area contributed by atoms with Gasteiger partial charge in [0.2, 0.25) is 47.3 Å². The summed E-state index contributed by atoms with van der Waals surface area (Å²) in [7, 11) is 0. The van der Waals surface area contributed by atoms with Gasteiger partial charge in [0.1, 0.15) is 36.3 Å². The van der Waals surface area contributed by atoms with Crippen LogP contribution >= 0.6 is 0 Å². The van der Waals surface area contributed by atoms with Crippen molar-refractivity contribution < 1.29 is 48.3 Å². The van der Waals surface area contributed by atoms with Gasteiger partial charge in [0.15, 0.2) is 11.9 Å². The van der Waals surface area contributed by atoms with Crippen LogP contribution < -0.4 is 77.4 Å². The van der Waals surface area contributed by atoms with Gasteiger partial charge in [-0.25, -0.2) is 4.79 Å². The molecule has 0 spiro atoms. The molecule has 0 unspecified atom stereocenters. The largest absolute Gasteiger partial charge is 0.480 e. The molecular weight excluding hydrogens is 925 g/mol. The predicted molar refractivity (Wildman–Crippen MR) is 266 cm³/mol. The van der Waals surface area contributed by atoms with E-state index in [9.17, 15) is 48.3 Å². The van der Waals surface area contributed by atoms with Crippen molar-refractivity contribution >= 4 is 65.1 Å². The zero-order valence-corrected chi connectivity index (χ0v) is 41.2. The Balaban J connectivity index is 3.28. The summed E-state index contributed by atoms with van der Waals surface area (Å²) in [5, 5.41) is 27.4. The number of aliphatic imine (C=N–C) groups is 2. The number of carbonyl (C=O) groups is 9. The molecule has 1 aromatic rings. The van der Waals surface area contributed by atoms with Gasteiger partial charge in [0.25, 0.3) is 0 Å². The van der Waals surface area contributed by atoms with Gasteiger partial charge < -0.3 is 82.5 Å². The highest BCUT2D eigenvalue weighted by Gasteiger charge is 2.33. The Bertz CT molecular complexity index is 1960. The third-order valence-electron chi connectivity index (χ3n) is 10.5. The van der Waals surface area contributed by atoms with E-state index in [-0.39, 0.29) is 88.2 Å². The lowest BCUT2D eigenvalue weighted by Gasteiger charge is -2.27. The minimum Gasteiger partial charge on any atom is -0.480 e. The quantitative estimate of drug-likeness (QED) is 0.0174. The monoisotopic (exact) mass is 1000 g/mol. The molecule has 1 aromatic carbocycles. The van der Waals surface area contributed by atoms with E-state index >= 15 is 0 Å². The van der Waals surface area contributed by atoms with Crippen LogP contribution in [0, 0.1) is 11.8 Å². The summed E-state index contributed by atoms with van der Waals surface area (Å²) in [6.45, 7) is 6.78. The molecule has 26 heteroatoms. The van der Waals surface area contributed by atoms with Crippen LogP contribution in [0.1, 0.15) is 97.5 Å². The number of hydrogen-bond acceptors (Lipinski definition) is 13. The lowest BCUT2D eigenvalue weighted by atomic mass is 10.0. The van der Waals surface area contributed by atoms with E-state index in [1.54, 1.807) is 52.0 Å². The summed E-state index contributed by atoms with van der Waals surface area (Å²) in [6.07, 6.45) is 0.920. The minimum absolute atomic E-state index is 0.0331. The van der Waals surface area contributed by atoms with Gasteiger partial charge in [-0.15, -0.1) is 0 Å². The zero-order valence-electron chi connectivity index (χ0n) is 41.2. The molecule has 398 valence electrons. The predicted octanol–water partition coefficient (Wildman–Crippen LogP) is -4.13. The molecule has 0 bridgehead atoms. The summed E-state index contributed by atoms with van der Waals surface area (Å²) in [5.41, 5.74) is 39.8. The van der Waals surface area contributed by atoms with Crippen LogP contribution in [0.5, 0.6) is 0 Å². The fraction of sp³-hybridized carbons (Fsp3) is 0.622. The number of amides is 8. The Morgan fingerprint density at radius 2 is 0.986 bits per heavy atom. The van der Waals surface area contributed by atoms with Crippen molar-refractivity contribution in [3.63, 3.8) is 0 Å². The normalized spacial score (nSPS) is 13.9. The van der Waals surface area contributed by atoms with E-state index in [0.717, 1.165) is 5.56 Å².